The van der Waals surface area contributed by atoms with Gasteiger partial charge in [-0.15, -0.1) is 0 Å². The number of benzene rings is 2. The predicted molar refractivity (Wildman–Crippen MR) is 107 cm³/mol. The lowest BCUT2D eigenvalue weighted by Crippen LogP contribution is -2.42. The number of carbonyl (C=O) groups is 1. The second-order valence-corrected chi connectivity index (χ2v) is 9.64. The number of sulfonamides is 1. The summed E-state index contributed by atoms with van der Waals surface area (Å²) in [7, 11) is -3.59. The molecule has 1 N–H and O–H groups in total. The molecule has 7 heteroatoms. The van der Waals surface area contributed by atoms with Crippen LogP contribution in [0.3, 0.4) is 0 Å². The zero-order valence-corrected chi connectivity index (χ0v) is 17.1. The number of nitrogens with one attached hydrogen (secondary N) is 1. The summed E-state index contributed by atoms with van der Waals surface area (Å²) >= 11 is 0. The van der Waals surface area contributed by atoms with Crippen LogP contribution >= 0.6 is 0 Å². The van der Waals surface area contributed by atoms with Crippen LogP contribution in [0.5, 0.6) is 0 Å². The fraction of sp³-hybridized carbons (Fsp3) is 0.381. The number of carbonyl (C=O) groups excluding carboxylic acids is 1. The highest BCUT2D eigenvalue weighted by Crippen LogP contribution is 2.27. The zero-order chi connectivity index (χ0) is 20.5. The van der Waals surface area contributed by atoms with Gasteiger partial charge >= 0.3 is 0 Å². The summed E-state index contributed by atoms with van der Waals surface area (Å²) in [5.74, 6) is -0.221. The quantitative estimate of drug-likeness (QED) is 0.836. The lowest BCUT2D eigenvalue weighted by molar-refractivity contribution is 0.102. The van der Waals surface area contributed by atoms with Crippen molar-refractivity contribution in [2.24, 2.45) is 11.8 Å². The maximum Gasteiger partial charge on any atom is 0.255 e. The summed E-state index contributed by atoms with van der Waals surface area (Å²) in [6.07, 6.45) is 1.02. The van der Waals surface area contributed by atoms with E-state index in [2.05, 4.69) is 19.2 Å². The van der Waals surface area contributed by atoms with Crippen LogP contribution in [-0.2, 0) is 10.0 Å². The van der Waals surface area contributed by atoms with Crippen molar-refractivity contribution in [2.45, 2.75) is 32.1 Å². The molecule has 1 saturated heterocycles. The topological polar surface area (TPSA) is 66.5 Å². The Bertz CT molecular complexity index is 964. The summed E-state index contributed by atoms with van der Waals surface area (Å²) in [4.78, 5) is 12.6. The monoisotopic (exact) mass is 404 g/mol. The van der Waals surface area contributed by atoms with E-state index in [4.69, 9.17) is 0 Å². The highest BCUT2D eigenvalue weighted by atomic mass is 32.2. The molecule has 0 radical (unpaired) electrons. The van der Waals surface area contributed by atoms with Gasteiger partial charge in [-0.3, -0.25) is 4.79 Å². The number of hydrogen-bond acceptors (Lipinski definition) is 3. The first-order chi connectivity index (χ1) is 13.2. The average molecular weight is 405 g/mol. The number of hydrogen-bond donors (Lipinski definition) is 1. The van der Waals surface area contributed by atoms with Gasteiger partial charge in [0.1, 0.15) is 5.82 Å². The van der Waals surface area contributed by atoms with Crippen LogP contribution in [0.4, 0.5) is 10.1 Å². The molecule has 1 aliphatic rings. The lowest BCUT2D eigenvalue weighted by Gasteiger charge is -2.34. The van der Waals surface area contributed by atoms with Crippen LogP contribution < -0.4 is 5.32 Å². The van der Waals surface area contributed by atoms with E-state index < -0.39 is 21.7 Å². The molecular formula is C21H25FN2O3S. The minimum Gasteiger partial charge on any atom is -0.322 e. The molecule has 2 aromatic carbocycles. The zero-order valence-electron chi connectivity index (χ0n) is 16.3. The molecule has 1 aliphatic heterocycles. The van der Waals surface area contributed by atoms with Gasteiger partial charge in [0.25, 0.3) is 5.91 Å². The SMILES string of the molecule is Cc1ccc(F)cc1NC(=O)c1ccc(S(=O)(=O)N2CC(C)CC(C)C2)cc1. The smallest absolute Gasteiger partial charge is 0.255 e. The molecule has 5 nitrogen and oxygen atoms in total. The van der Waals surface area contributed by atoms with E-state index >= 15 is 0 Å². The number of amides is 1. The first kappa shape index (κ1) is 20.5. The molecule has 1 heterocycles. The fourth-order valence-electron chi connectivity index (χ4n) is 3.65. The number of anilines is 1. The Morgan fingerprint density at radius 2 is 1.68 bits per heavy atom. The first-order valence-corrected chi connectivity index (χ1v) is 10.8. The molecule has 0 saturated carbocycles. The van der Waals surface area contributed by atoms with Gasteiger partial charge in [0.05, 0.1) is 4.90 Å². The predicted octanol–water partition coefficient (Wildman–Crippen LogP) is 4.05. The summed E-state index contributed by atoms with van der Waals surface area (Å²) in [6.45, 7) is 6.90. The van der Waals surface area contributed by atoms with Crippen molar-refractivity contribution in [3.8, 4) is 0 Å². The number of aryl methyl sites for hydroxylation is 1. The third kappa shape index (κ3) is 4.42. The van der Waals surface area contributed by atoms with Crippen LogP contribution in [-0.4, -0.2) is 31.7 Å². The Morgan fingerprint density at radius 3 is 2.29 bits per heavy atom. The van der Waals surface area contributed by atoms with Gasteiger partial charge in [0, 0.05) is 24.3 Å². The Hall–Kier alpha value is -2.25. The van der Waals surface area contributed by atoms with Crippen molar-refractivity contribution < 1.29 is 17.6 Å². The molecular weight excluding hydrogens is 379 g/mol. The van der Waals surface area contributed by atoms with Gasteiger partial charge in [-0.05, 0) is 67.1 Å². The van der Waals surface area contributed by atoms with E-state index in [1.807, 2.05) is 0 Å². The van der Waals surface area contributed by atoms with Crippen LogP contribution in [0.25, 0.3) is 0 Å². The minimum atomic E-state index is -3.59. The third-order valence-electron chi connectivity index (χ3n) is 5.04. The van der Waals surface area contributed by atoms with Gasteiger partial charge in [-0.25, -0.2) is 12.8 Å². The van der Waals surface area contributed by atoms with Gasteiger partial charge in [0.15, 0.2) is 0 Å². The molecule has 28 heavy (non-hydrogen) atoms. The maximum atomic E-state index is 13.4. The first-order valence-electron chi connectivity index (χ1n) is 9.34. The van der Waals surface area contributed by atoms with Gasteiger partial charge in [-0.1, -0.05) is 19.9 Å². The number of nitrogens with zero attached hydrogens (tertiary/aromatic N) is 1. The molecule has 0 spiro atoms. The van der Waals surface area contributed by atoms with Crippen molar-refractivity contribution in [1.82, 2.24) is 4.31 Å². The van der Waals surface area contributed by atoms with E-state index in [1.165, 1.54) is 40.7 Å². The van der Waals surface area contributed by atoms with Crippen LogP contribution in [0.1, 0.15) is 36.2 Å². The van der Waals surface area contributed by atoms with Crippen molar-refractivity contribution in [3.05, 3.63) is 59.4 Å². The summed E-state index contributed by atoms with van der Waals surface area (Å²) in [6, 6.07) is 10.0. The summed E-state index contributed by atoms with van der Waals surface area (Å²) in [5.41, 5.74) is 1.43. The fourth-order valence-corrected chi connectivity index (χ4v) is 5.33. The van der Waals surface area contributed by atoms with Crippen LogP contribution in [0.2, 0.25) is 0 Å². The Kier molecular flexibility index (Phi) is 5.86. The van der Waals surface area contributed by atoms with E-state index in [9.17, 15) is 17.6 Å². The largest absolute Gasteiger partial charge is 0.322 e. The second kappa shape index (κ2) is 8.01. The molecule has 2 unspecified atom stereocenters. The number of piperidine rings is 1. The van der Waals surface area contributed by atoms with E-state index in [-0.39, 0.29) is 4.90 Å². The highest BCUT2D eigenvalue weighted by molar-refractivity contribution is 7.89. The molecule has 1 fully saturated rings. The van der Waals surface area contributed by atoms with Crippen molar-refractivity contribution in [2.75, 3.05) is 18.4 Å². The minimum absolute atomic E-state index is 0.173. The average Bonchev–Trinajstić information content (AvgIpc) is 2.64. The summed E-state index contributed by atoms with van der Waals surface area (Å²) < 4.78 is 40.8. The van der Waals surface area contributed by atoms with E-state index in [0.717, 1.165) is 12.0 Å². The van der Waals surface area contributed by atoms with Gasteiger partial charge < -0.3 is 5.32 Å². The van der Waals surface area contributed by atoms with Crippen molar-refractivity contribution >= 4 is 21.6 Å². The molecule has 0 aromatic heterocycles. The van der Waals surface area contributed by atoms with Crippen LogP contribution in [0.15, 0.2) is 47.4 Å². The molecule has 1 amide bonds. The molecule has 0 bridgehead atoms. The molecule has 150 valence electrons. The number of halogens is 1. The van der Waals surface area contributed by atoms with E-state index in [0.29, 0.717) is 36.2 Å². The lowest BCUT2D eigenvalue weighted by atomic mass is 9.94. The van der Waals surface area contributed by atoms with Crippen LogP contribution in [0, 0.1) is 24.6 Å². The standard InChI is InChI=1S/C21H25FN2O3S/c1-14-10-15(2)13-24(12-14)28(26,27)19-8-5-17(6-9-19)21(25)23-20-11-18(22)7-4-16(20)3/h4-9,11,14-15H,10,12-13H2,1-3H3,(H,23,25). The van der Waals surface area contributed by atoms with Gasteiger partial charge in [0.2, 0.25) is 10.0 Å². The maximum absolute atomic E-state index is 13.4. The Morgan fingerprint density at radius 1 is 1.07 bits per heavy atom. The Balaban J connectivity index is 1.77. The normalized spacial score (nSPS) is 20.7. The molecule has 2 aromatic rings. The van der Waals surface area contributed by atoms with Crippen molar-refractivity contribution in [1.29, 1.82) is 0 Å². The van der Waals surface area contributed by atoms with E-state index in [1.54, 1.807) is 13.0 Å². The molecule has 3 rings (SSSR count). The molecule has 2 atom stereocenters. The Labute approximate surface area is 165 Å². The summed E-state index contributed by atoms with van der Waals surface area (Å²) in [5, 5.41) is 2.66. The third-order valence-corrected chi connectivity index (χ3v) is 6.88. The second-order valence-electron chi connectivity index (χ2n) is 7.71. The number of rotatable bonds is 4. The van der Waals surface area contributed by atoms with Crippen molar-refractivity contribution in [3.63, 3.8) is 0 Å². The molecule has 0 aliphatic carbocycles. The highest BCUT2D eigenvalue weighted by Gasteiger charge is 2.31. The van der Waals surface area contributed by atoms with Gasteiger partial charge in [-0.2, -0.15) is 4.31 Å².